The minimum Gasteiger partial charge on any atom is -0.461 e. The topological polar surface area (TPSA) is 42.7 Å². The normalized spacial score (nSPS) is 18.6. The van der Waals surface area contributed by atoms with Crippen LogP contribution in [-0.4, -0.2) is 42.5 Å². The van der Waals surface area contributed by atoms with Crippen molar-refractivity contribution in [2.45, 2.75) is 19.4 Å². The first-order chi connectivity index (χ1) is 7.62. The highest BCUT2D eigenvalue weighted by Gasteiger charge is 2.37. The van der Waals surface area contributed by atoms with Gasteiger partial charge in [0.1, 0.15) is 0 Å². The van der Waals surface area contributed by atoms with E-state index in [9.17, 15) is 4.79 Å². The third-order valence-corrected chi connectivity index (χ3v) is 3.10. The van der Waals surface area contributed by atoms with Crippen molar-refractivity contribution in [3.63, 3.8) is 0 Å². The van der Waals surface area contributed by atoms with Crippen molar-refractivity contribution < 1.29 is 13.9 Å². The number of furan rings is 1. The number of hydrogen-bond acceptors (Lipinski definition) is 4. The van der Waals surface area contributed by atoms with Crippen molar-refractivity contribution in [3.05, 3.63) is 24.2 Å². The standard InChI is InChI=1S/C12H17NO3/c1-12(2,13-5-8-15-9-6-13)11(14)10-4-3-7-16-10/h3-4,7H,5-6,8-9H2,1-2H3. The Hall–Kier alpha value is -1.13. The Bertz CT molecular complexity index is 350. The minimum absolute atomic E-state index is 0.0272. The largest absolute Gasteiger partial charge is 0.461 e. The Balaban J connectivity index is 2.14. The molecule has 16 heavy (non-hydrogen) atoms. The second-order valence-corrected chi connectivity index (χ2v) is 4.46. The summed E-state index contributed by atoms with van der Waals surface area (Å²) in [7, 11) is 0. The molecular formula is C12H17NO3. The van der Waals surface area contributed by atoms with Gasteiger partial charge in [-0.2, -0.15) is 0 Å². The molecular weight excluding hydrogens is 206 g/mol. The monoisotopic (exact) mass is 223 g/mol. The SMILES string of the molecule is CC(C)(C(=O)c1ccco1)N1CCOCC1. The Morgan fingerprint density at radius 2 is 2.06 bits per heavy atom. The summed E-state index contributed by atoms with van der Waals surface area (Å²) in [4.78, 5) is 14.4. The van der Waals surface area contributed by atoms with Crippen LogP contribution in [0.5, 0.6) is 0 Å². The zero-order valence-corrected chi connectivity index (χ0v) is 9.73. The van der Waals surface area contributed by atoms with Gasteiger partial charge >= 0.3 is 0 Å². The molecule has 88 valence electrons. The summed E-state index contributed by atoms with van der Waals surface area (Å²) in [6.07, 6.45) is 1.53. The van der Waals surface area contributed by atoms with Gasteiger partial charge in [0.2, 0.25) is 5.78 Å². The highest BCUT2D eigenvalue weighted by Crippen LogP contribution is 2.21. The average molecular weight is 223 g/mol. The van der Waals surface area contributed by atoms with Gasteiger partial charge in [-0.3, -0.25) is 9.69 Å². The Kier molecular flexibility index (Phi) is 3.12. The first-order valence-electron chi connectivity index (χ1n) is 5.53. The zero-order chi connectivity index (χ0) is 11.6. The predicted molar refractivity (Wildman–Crippen MR) is 59.5 cm³/mol. The molecule has 4 nitrogen and oxygen atoms in total. The van der Waals surface area contributed by atoms with E-state index in [1.165, 1.54) is 6.26 Å². The molecule has 0 unspecified atom stereocenters. The fourth-order valence-corrected chi connectivity index (χ4v) is 1.98. The summed E-state index contributed by atoms with van der Waals surface area (Å²) in [5.41, 5.74) is -0.526. The molecule has 0 atom stereocenters. The molecule has 1 saturated heterocycles. The van der Waals surface area contributed by atoms with Gasteiger partial charge in [0, 0.05) is 13.1 Å². The summed E-state index contributed by atoms with van der Waals surface area (Å²) >= 11 is 0. The Morgan fingerprint density at radius 3 is 2.62 bits per heavy atom. The van der Waals surface area contributed by atoms with E-state index in [4.69, 9.17) is 9.15 Å². The number of hydrogen-bond donors (Lipinski definition) is 0. The van der Waals surface area contributed by atoms with Crippen LogP contribution in [0.15, 0.2) is 22.8 Å². The van der Waals surface area contributed by atoms with Crippen LogP contribution < -0.4 is 0 Å². The second kappa shape index (κ2) is 4.39. The van der Waals surface area contributed by atoms with Crippen LogP contribution in [-0.2, 0) is 4.74 Å². The molecule has 0 aliphatic carbocycles. The molecule has 0 spiro atoms. The molecule has 4 heteroatoms. The lowest BCUT2D eigenvalue weighted by atomic mass is 9.94. The van der Waals surface area contributed by atoms with Crippen molar-refractivity contribution >= 4 is 5.78 Å². The molecule has 0 radical (unpaired) electrons. The maximum atomic E-state index is 12.3. The molecule has 1 aliphatic rings. The maximum Gasteiger partial charge on any atom is 0.217 e. The highest BCUT2D eigenvalue weighted by atomic mass is 16.5. The summed E-state index contributed by atoms with van der Waals surface area (Å²) in [5.74, 6) is 0.455. The van der Waals surface area contributed by atoms with Crippen molar-refractivity contribution in [3.8, 4) is 0 Å². The van der Waals surface area contributed by atoms with Crippen LogP contribution >= 0.6 is 0 Å². The first-order valence-corrected chi connectivity index (χ1v) is 5.53. The van der Waals surface area contributed by atoms with Crippen LogP contribution in [0.4, 0.5) is 0 Å². The van der Waals surface area contributed by atoms with E-state index in [1.807, 2.05) is 13.8 Å². The lowest BCUT2D eigenvalue weighted by Crippen LogP contribution is -2.54. The van der Waals surface area contributed by atoms with E-state index in [-0.39, 0.29) is 5.78 Å². The lowest BCUT2D eigenvalue weighted by Gasteiger charge is -2.38. The van der Waals surface area contributed by atoms with E-state index in [1.54, 1.807) is 12.1 Å². The van der Waals surface area contributed by atoms with Crippen LogP contribution in [0.1, 0.15) is 24.4 Å². The van der Waals surface area contributed by atoms with Crippen molar-refractivity contribution in [1.29, 1.82) is 0 Å². The second-order valence-electron chi connectivity index (χ2n) is 4.46. The van der Waals surface area contributed by atoms with Crippen molar-refractivity contribution in [2.24, 2.45) is 0 Å². The molecule has 0 bridgehead atoms. The number of carbonyl (C=O) groups excluding carboxylic acids is 1. The lowest BCUT2D eigenvalue weighted by molar-refractivity contribution is -0.00520. The van der Waals surface area contributed by atoms with Gasteiger partial charge < -0.3 is 9.15 Å². The minimum atomic E-state index is -0.526. The summed E-state index contributed by atoms with van der Waals surface area (Å²) in [6.45, 7) is 6.83. The van der Waals surface area contributed by atoms with Gasteiger partial charge in [0.05, 0.1) is 25.0 Å². The Labute approximate surface area is 95.2 Å². The number of ketones is 1. The van der Waals surface area contributed by atoms with E-state index in [0.717, 1.165) is 13.1 Å². The maximum absolute atomic E-state index is 12.3. The summed E-state index contributed by atoms with van der Waals surface area (Å²) in [6, 6.07) is 3.45. The molecule has 2 heterocycles. The van der Waals surface area contributed by atoms with Crippen LogP contribution in [0.25, 0.3) is 0 Å². The molecule has 0 saturated carbocycles. The summed E-state index contributed by atoms with van der Waals surface area (Å²) < 4.78 is 10.5. The molecule has 0 N–H and O–H groups in total. The molecule has 1 aromatic rings. The van der Waals surface area contributed by atoms with Gasteiger partial charge in [-0.05, 0) is 26.0 Å². The van der Waals surface area contributed by atoms with Gasteiger partial charge in [0.25, 0.3) is 0 Å². The third-order valence-electron chi connectivity index (χ3n) is 3.10. The van der Waals surface area contributed by atoms with Gasteiger partial charge in [-0.15, -0.1) is 0 Å². The molecule has 0 aromatic carbocycles. The fraction of sp³-hybridized carbons (Fsp3) is 0.583. The predicted octanol–water partition coefficient (Wildman–Crippen LogP) is 1.57. The van der Waals surface area contributed by atoms with Crippen LogP contribution in [0.3, 0.4) is 0 Å². The van der Waals surface area contributed by atoms with E-state index >= 15 is 0 Å². The number of carbonyl (C=O) groups is 1. The smallest absolute Gasteiger partial charge is 0.217 e. The van der Waals surface area contributed by atoms with Crippen molar-refractivity contribution in [2.75, 3.05) is 26.3 Å². The van der Waals surface area contributed by atoms with Gasteiger partial charge in [-0.25, -0.2) is 0 Å². The number of rotatable bonds is 3. The van der Waals surface area contributed by atoms with Crippen molar-refractivity contribution in [1.82, 2.24) is 4.90 Å². The van der Waals surface area contributed by atoms with Gasteiger partial charge in [0.15, 0.2) is 5.76 Å². The Morgan fingerprint density at radius 1 is 1.38 bits per heavy atom. The molecule has 2 rings (SSSR count). The van der Waals surface area contributed by atoms with Gasteiger partial charge in [-0.1, -0.05) is 0 Å². The zero-order valence-electron chi connectivity index (χ0n) is 9.73. The molecule has 0 amide bonds. The third kappa shape index (κ3) is 2.03. The molecule has 1 aliphatic heterocycles. The molecule has 1 fully saturated rings. The van der Waals surface area contributed by atoms with E-state index in [2.05, 4.69) is 4.90 Å². The highest BCUT2D eigenvalue weighted by molar-refractivity contribution is 6.00. The number of nitrogens with zero attached hydrogens (tertiary/aromatic N) is 1. The first kappa shape index (κ1) is 11.4. The van der Waals surface area contributed by atoms with Crippen LogP contribution in [0.2, 0.25) is 0 Å². The van der Waals surface area contributed by atoms with E-state index in [0.29, 0.717) is 19.0 Å². The fourth-order valence-electron chi connectivity index (χ4n) is 1.98. The van der Waals surface area contributed by atoms with Crippen LogP contribution in [0, 0.1) is 0 Å². The number of Topliss-reactive ketones (excluding diaryl/α,β-unsaturated/α-hetero) is 1. The average Bonchev–Trinajstić information content (AvgIpc) is 2.82. The number of ether oxygens (including phenoxy) is 1. The quantitative estimate of drug-likeness (QED) is 0.729. The van der Waals surface area contributed by atoms with E-state index < -0.39 is 5.54 Å². The molecule has 1 aromatic heterocycles. The summed E-state index contributed by atoms with van der Waals surface area (Å²) in [5, 5.41) is 0. The number of morpholine rings is 1.